The molecule has 0 aliphatic carbocycles. The highest BCUT2D eigenvalue weighted by Gasteiger charge is 2.18. The highest BCUT2D eigenvalue weighted by molar-refractivity contribution is 5.93. The summed E-state index contributed by atoms with van der Waals surface area (Å²) in [6, 6.07) is 3.46. The summed E-state index contributed by atoms with van der Waals surface area (Å²) in [4.78, 5) is 15.3. The monoisotopic (exact) mass is 191 g/mol. The second-order valence-electron chi connectivity index (χ2n) is 3.21. The molecule has 14 heavy (non-hydrogen) atoms. The zero-order chi connectivity index (χ0) is 9.80. The Morgan fingerprint density at radius 1 is 1.71 bits per heavy atom. The average Bonchev–Trinajstić information content (AvgIpc) is 2.72. The zero-order valence-corrected chi connectivity index (χ0v) is 7.69. The Bertz CT molecular complexity index is 307. The highest BCUT2D eigenvalue weighted by atomic mass is 16.5. The quantitative estimate of drug-likeness (QED) is 0.736. The lowest BCUT2D eigenvalue weighted by molar-refractivity contribution is 0.0929. The molecule has 1 radical (unpaired) electrons. The first-order valence-corrected chi connectivity index (χ1v) is 4.57. The van der Waals surface area contributed by atoms with Crippen molar-refractivity contribution in [3.63, 3.8) is 0 Å². The summed E-state index contributed by atoms with van der Waals surface area (Å²) in [7, 11) is 0. The van der Waals surface area contributed by atoms with E-state index in [9.17, 15) is 4.79 Å². The molecule has 4 heteroatoms. The van der Waals surface area contributed by atoms with Crippen LogP contribution in [0.4, 0.5) is 0 Å². The Hall–Kier alpha value is -1.42. The van der Waals surface area contributed by atoms with E-state index in [0.717, 1.165) is 13.0 Å². The van der Waals surface area contributed by atoms with Crippen LogP contribution in [0, 0.1) is 6.20 Å². The molecule has 0 spiro atoms. The second-order valence-corrected chi connectivity index (χ2v) is 3.21. The van der Waals surface area contributed by atoms with Gasteiger partial charge in [-0.3, -0.25) is 9.78 Å². The van der Waals surface area contributed by atoms with E-state index in [2.05, 4.69) is 16.5 Å². The molecule has 73 valence electrons. The lowest BCUT2D eigenvalue weighted by Gasteiger charge is -2.09. The van der Waals surface area contributed by atoms with Crippen LogP contribution in [-0.4, -0.2) is 30.1 Å². The van der Waals surface area contributed by atoms with E-state index in [-0.39, 0.29) is 11.9 Å². The summed E-state index contributed by atoms with van der Waals surface area (Å²) in [6.07, 6.45) is 5.02. The summed E-state index contributed by atoms with van der Waals surface area (Å²) in [5, 5.41) is 2.88. The molecule has 4 nitrogen and oxygen atoms in total. The van der Waals surface area contributed by atoms with E-state index >= 15 is 0 Å². The van der Waals surface area contributed by atoms with Gasteiger partial charge in [-0.1, -0.05) is 0 Å². The van der Waals surface area contributed by atoms with Crippen LogP contribution in [0.25, 0.3) is 0 Å². The van der Waals surface area contributed by atoms with Gasteiger partial charge in [-0.2, -0.15) is 0 Å². The van der Waals surface area contributed by atoms with Gasteiger partial charge in [-0.05, 0) is 18.6 Å². The van der Waals surface area contributed by atoms with E-state index in [0.29, 0.717) is 12.2 Å². The van der Waals surface area contributed by atoms with Crippen molar-refractivity contribution in [1.29, 1.82) is 0 Å². The van der Waals surface area contributed by atoms with E-state index < -0.39 is 0 Å². The normalized spacial score (nSPS) is 20.7. The molecule has 1 aromatic heterocycles. The van der Waals surface area contributed by atoms with Gasteiger partial charge < -0.3 is 10.1 Å². The number of carbonyl (C=O) groups is 1. The minimum absolute atomic E-state index is 0.0954. The van der Waals surface area contributed by atoms with E-state index in [1.165, 1.54) is 6.20 Å². The van der Waals surface area contributed by atoms with Gasteiger partial charge >= 0.3 is 0 Å². The molecule has 0 aromatic carbocycles. The maximum atomic E-state index is 11.6. The molecule has 1 N–H and O–H groups in total. The van der Waals surface area contributed by atoms with Crippen molar-refractivity contribution < 1.29 is 9.53 Å². The average molecular weight is 191 g/mol. The first-order chi connectivity index (χ1) is 6.86. The summed E-state index contributed by atoms with van der Waals surface area (Å²) < 4.78 is 5.16. The topological polar surface area (TPSA) is 51.2 Å². The number of rotatable bonds is 2. The van der Waals surface area contributed by atoms with Crippen LogP contribution in [-0.2, 0) is 4.74 Å². The number of amides is 1. The highest BCUT2D eigenvalue weighted by Crippen LogP contribution is 2.04. The minimum atomic E-state index is -0.0954. The molecule has 1 aromatic rings. The van der Waals surface area contributed by atoms with Crippen molar-refractivity contribution in [1.82, 2.24) is 10.3 Å². The summed E-state index contributed by atoms with van der Waals surface area (Å²) in [5.74, 6) is -0.0954. The fraction of sp³-hybridized carbons (Fsp3) is 0.400. The number of ether oxygens (including phenoxy) is 1. The Labute approximate surface area is 82.3 Å². The number of nitrogens with zero attached hydrogens (tertiary/aromatic N) is 1. The summed E-state index contributed by atoms with van der Waals surface area (Å²) in [6.45, 7) is 1.34. The summed E-state index contributed by atoms with van der Waals surface area (Å²) in [5.41, 5.74) is 0.565. The van der Waals surface area contributed by atoms with Crippen LogP contribution >= 0.6 is 0 Å². The molecule has 1 unspecified atom stereocenters. The lowest BCUT2D eigenvalue weighted by atomic mass is 10.2. The minimum Gasteiger partial charge on any atom is -0.379 e. The third-order valence-corrected chi connectivity index (χ3v) is 2.14. The molecule has 1 atom stereocenters. The fourth-order valence-electron chi connectivity index (χ4n) is 1.37. The first kappa shape index (κ1) is 9.15. The van der Waals surface area contributed by atoms with Gasteiger partial charge in [-0.25, -0.2) is 0 Å². The number of pyridine rings is 1. The van der Waals surface area contributed by atoms with Crippen LogP contribution in [0.15, 0.2) is 18.3 Å². The predicted octanol–water partition coefficient (Wildman–Crippen LogP) is 0.400. The molecule has 0 bridgehead atoms. The van der Waals surface area contributed by atoms with E-state index in [1.54, 1.807) is 12.1 Å². The van der Waals surface area contributed by atoms with Crippen molar-refractivity contribution in [2.45, 2.75) is 12.5 Å². The number of aromatic nitrogens is 1. The van der Waals surface area contributed by atoms with Gasteiger partial charge in [0, 0.05) is 12.8 Å². The third-order valence-electron chi connectivity index (χ3n) is 2.14. The Kier molecular flexibility index (Phi) is 2.74. The Morgan fingerprint density at radius 2 is 2.64 bits per heavy atom. The van der Waals surface area contributed by atoms with Crippen molar-refractivity contribution in [3.05, 3.63) is 30.1 Å². The van der Waals surface area contributed by atoms with Gasteiger partial charge in [-0.15, -0.1) is 0 Å². The second kappa shape index (κ2) is 4.19. The van der Waals surface area contributed by atoms with Crippen molar-refractivity contribution in [2.75, 3.05) is 13.2 Å². The maximum Gasteiger partial charge on any atom is 0.253 e. The van der Waals surface area contributed by atoms with Gasteiger partial charge in [0.15, 0.2) is 0 Å². The van der Waals surface area contributed by atoms with Gasteiger partial charge in [0.25, 0.3) is 5.91 Å². The maximum absolute atomic E-state index is 11.6. The predicted molar refractivity (Wildman–Crippen MR) is 49.8 cm³/mol. The van der Waals surface area contributed by atoms with Crippen molar-refractivity contribution in [3.8, 4) is 0 Å². The SMILES string of the molecule is O=C(NC1CCOC1)c1cc[c]nc1. The number of carbonyl (C=O) groups excluding carboxylic acids is 1. The number of hydrogen-bond donors (Lipinski definition) is 1. The van der Waals surface area contributed by atoms with Crippen LogP contribution in [0.3, 0.4) is 0 Å². The molecule has 1 aliphatic rings. The third kappa shape index (κ3) is 2.09. The van der Waals surface area contributed by atoms with Gasteiger partial charge in [0.05, 0.1) is 24.4 Å². The Morgan fingerprint density at radius 3 is 3.29 bits per heavy atom. The molecule has 1 fully saturated rings. The molecule has 2 heterocycles. The standard InChI is InChI=1S/C10H11N2O2/c13-10(8-2-1-4-11-6-8)12-9-3-5-14-7-9/h1-2,6,9H,3,5,7H2,(H,12,13). The van der Waals surface area contributed by atoms with Crippen LogP contribution in [0.1, 0.15) is 16.8 Å². The van der Waals surface area contributed by atoms with E-state index in [1.807, 2.05) is 0 Å². The molecule has 1 saturated heterocycles. The molecular formula is C10H11N2O2. The largest absolute Gasteiger partial charge is 0.379 e. The van der Waals surface area contributed by atoms with Crippen molar-refractivity contribution in [2.24, 2.45) is 0 Å². The lowest BCUT2D eigenvalue weighted by Crippen LogP contribution is -2.34. The first-order valence-electron chi connectivity index (χ1n) is 4.57. The Balaban J connectivity index is 1.95. The van der Waals surface area contributed by atoms with Crippen molar-refractivity contribution >= 4 is 5.91 Å². The molecule has 0 saturated carbocycles. The molecule has 2 rings (SSSR count). The van der Waals surface area contributed by atoms with Crippen LogP contribution in [0.5, 0.6) is 0 Å². The number of hydrogen-bond acceptors (Lipinski definition) is 3. The van der Waals surface area contributed by atoms with Gasteiger partial charge in [0.2, 0.25) is 0 Å². The van der Waals surface area contributed by atoms with Crippen LogP contribution < -0.4 is 5.32 Å². The molecule has 1 aliphatic heterocycles. The smallest absolute Gasteiger partial charge is 0.253 e. The zero-order valence-electron chi connectivity index (χ0n) is 7.69. The molecular weight excluding hydrogens is 180 g/mol. The molecule has 1 amide bonds. The van der Waals surface area contributed by atoms with E-state index in [4.69, 9.17) is 4.74 Å². The van der Waals surface area contributed by atoms with Gasteiger partial charge in [0.1, 0.15) is 0 Å². The fourth-order valence-corrected chi connectivity index (χ4v) is 1.37. The van der Waals surface area contributed by atoms with Crippen LogP contribution in [0.2, 0.25) is 0 Å². The summed E-state index contributed by atoms with van der Waals surface area (Å²) >= 11 is 0. The number of nitrogens with one attached hydrogen (secondary N) is 1.